The number of anilines is 6. The molecule has 0 fully saturated rings. The maximum absolute atomic E-state index is 6.93. The summed E-state index contributed by atoms with van der Waals surface area (Å²) in [6, 6.07) is 73.3. The largest absolute Gasteiger partial charge is 0.454 e. The van der Waals surface area contributed by atoms with Crippen LogP contribution in [0, 0.1) is 13.8 Å². The van der Waals surface area contributed by atoms with E-state index in [-0.39, 0.29) is 0 Å². The van der Waals surface area contributed by atoms with Crippen molar-refractivity contribution in [2.75, 3.05) is 9.80 Å². The van der Waals surface area contributed by atoms with Crippen molar-refractivity contribution >= 4 is 154 Å². The second-order valence-electron chi connectivity index (χ2n) is 19.2. The van der Waals surface area contributed by atoms with Crippen molar-refractivity contribution < 1.29 is 17.7 Å². The number of nitrogens with zero attached hydrogens (tertiary/aromatic N) is 2. The fraction of sp³-hybridized carbons (Fsp3) is 0.0303. The lowest BCUT2D eigenvalue weighted by atomic mass is 9.91. The van der Waals surface area contributed by atoms with Gasteiger partial charge in [-0.3, -0.25) is 0 Å². The van der Waals surface area contributed by atoms with Crippen LogP contribution < -0.4 is 9.80 Å². The van der Waals surface area contributed by atoms with Crippen LogP contribution in [0.3, 0.4) is 0 Å². The molecule has 4 heterocycles. The van der Waals surface area contributed by atoms with Gasteiger partial charge in [-0.05, 0) is 95.1 Å². The number of para-hydroxylation sites is 6. The Labute approximate surface area is 411 Å². The van der Waals surface area contributed by atoms with Gasteiger partial charge in [0.15, 0.2) is 22.3 Å². The van der Waals surface area contributed by atoms with Crippen LogP contribution in [0.4, 0.5) is 34.1 Å². The molecule has 0 spiro atoms. The molecular formula is C66H40N2O4. The third-order valence-corrected chi connectivity index (χ3v) is 15.2. The molecule has 338 valence electrons. The van der Waals surface area contributed by atoms with Crippen molar-refractivity contribution in [3.63, 3.8) is 0 Å². The van der Waals surface area contributed by atoms with Gasteiger partial charge in [0.05, 0.1) is 34.1 Å². The minimum absolute atomic E-state index is 0.810. The average Bonchev–Trinajstić information content (AvgIpc) is 4.21. The Morgan fingerprint density at radius 2 is 0.569 bits per heavy atom. The van der Waals surface area contributed by atoms with Gasteiger partial charge in [-0.15, -0.1) is 0 Å². The third-order valence-electron chi connectivity index (χ3n) is 15.2. The summed E-state index contributed by atoms with van der Waals surface area (Å²) in [6.45, 7) is 4.36. The van der Waals surface area contributed by atoms with Crippen molar-refractivity contribution in [2.45, 2.75) is 13.8 Å². The standard InChI is InChI=1S/C66H40N2O4/c1-37-25-31-47-43-15-5-9-23-57(43)71-65(47)61(37)67(53-19-11-17-45-41-13-3-7-21-55(41)69-63(45)53)51-35-29-39-28-34-50-52(36-30-40-27-33-49(51)59(39)60(40)50)68(54-20-12-18-46-42-14-4-8-22-56(42)70-64(46)54)62-38(2)26-32-48-44-16-6-10-24-58(44)72-66(48)62/h3-36H,1-2H3. The highest BCUT2D eigenvalue weighted by Crippen LogP contribution is 2.54. The molecule has 0 saturated heterocycles. The molecule has 0 aliphatic heterocycles. The molecule has 0 bridgehead atoms. The van der Waals surface area contributed by atoms with Gasteiger partial charge in [0.25, 0.3) is 0 Å². The van der Waals surface area contributed by atoms with Crippen molar-refractivity contribution in [2.24, 2.45) is 0 Å². The zero-order valence-electron chi connectivity index (χ0n) is 39.2. The summed E-state index contributed by atoms with van der Waals surface area (Å²) in [4.78, 5) is 4.77. The first-order valence-corrected chi connectivity index (χ1v) is 24.5. The molecule has 4 aromatic heterocycles. The molecule has 16 aromatic rings. The van der Waals surface area contributed by atoms with Crippen LogP contribution in [0.5, 0.6) is 0 Å². The average molecular weight is 925 g/mol. The van der Waals surface area contributed by atoms with Gasteiger partial charge in [0.2, 0.25) is 0 Å². The molecule has 0 aliphatic rings. The zero-order chi connectivity index (χ0) is 47.3. The van der Waals surface area contributed by atoms with E-state index in [0.29, 0.717) is 0 Å². The van der Waals surface area contributed by atoms with E-state index < -0.39 is 0 Å². The van der Waals surface area contributed by atoms with Crippen LogP contribution in [0.25, 0.3) is 120 Å². The number of hydrogen-bond acceptors (Lipinski definition) is 6. The van der Waals surface area contributed by atoms with Gasteiger partial charge in [0, 0.05) is 53.9 Å². The molecule has 6 nitrogen and oxygen atoms in total. The van der Waals surface area contributed by atoms with Crippen LogP contribution in [0.2, 0.25) is 0 Å². The smallest absolute Gasteiger partial charge is 0.159 e. The normalized spacial score (nSPS) is 12.3. The van der Waals surface area contributed by atoms with E-state index in [9.17, 15) is 0 Å². The molecule has 72 heavy (non-hydrogen) atoms. The van der Waals surface area contributed by atoms with E-state index in [1.807, 2.05) is 24.3 Å². The van der Waals surface area contributed by atoms with Gasteiger partial charge < -0.3 is 27.5 Å². The molecule has 0 amide bonds. The Morgan fingerprint density at radius 1 is 0.250 bits per heavy atom. The van der Waals surface area contributed by atoms with Crippen molar-refractivity contribution in [1.82, 2.24) is 0 Å². The second-order valence-corrected chi connectivity index (χ2v) is 19.2. The topological polar surface area (TPSA) is 59.0 Å². The number of furan rings is 4. The van der Waals surface area contributed by atoms with Crippen molar-refractivity contribution in [3.05, 3.63) is 217 Å². The Hall–Kier alpha value is -9.52. The van der Waals surface area contributed by atoms with Crippen LogP contribution in [0.1, 0.15) is 11.1 Å². The summed E-state index contributed by atoms with van der Waals surface area (Å²) in [5, 5.41) is 15.4. The molecule has 0 atom stereocenters. The first-order chi connectivity index (χ1) is 35.6. The number of rotatable bonds is 6. The summed E-state index contributed by atoms with van der Waals surface area (Å²) in [6.07, 6.45) is 0. The van der Waals surface area contributed by atoms with E-state index in [4.69, 9.17) is 17.7 Å². The molecule has 6 heteroatoms. The Balaban J connectivity index is 1.01. The highest BCUT2D eigenvalue weighted by atomic mass is 16.3. The predicted molar refractivity (Wildman–Crippen MR) is 298 cm³/mol. The molecule has 0 saturated carbocycles. The Morgan fingerprint density at radius 3 is 0.972 bits per heavy atom. The van der Waals surface area contributed by atoms with E-state index >= 15 is 0 Å². The summed E-state index contributed by atoms with van der Waals surface area (Å²) in [5.41, 5.74) is 14.6. The van der Waals surface area contributed by atoms with E-state index in [2.05, 4.69) is 206 Å². The first kappa shape index (κ1) is 39.3. The summed E-state index contributed by atoms with van der Waals surface area (Å²) in [5.74, 6) is 0. The van der Waals surface area contributed by atoms with Crippen LogP contribution in [-0.4, -0.2) is 0 Å². The Bertz CT molecular complexity index is 4620. The van der Waals surface area contributed by atoms with Crippen molar-refractivity contribution in [1.29, 1.82) is 0 Å². The second kappa shape index (κ2) is 14.5. The summed E-state index contributed by atoms with van der Waals surface area (Å²) >= 11 is 0. The van der Waals surface area contributed by atoms with Gasteiger partial charge in [-0.1, -0.05) is 158 Å². The van der Waals surface area contributed by atoms with Gasteiger partial charge in [-0.2, -0.15) is 0 Å². The van der Waals surface area contributed by atoms with E-state index in [0.717, 1.165) is 155 Å². The monoisotopic (exact) mass is 924 g/mol. The highest BCUT2D eigenvalue weighted by molar-refractivity contribution is 6.29. The van der Waals surface area contributed by atoms with Crippen LogP contribution in [0.15, 0.2) is 224 Å². The minimum atomic E-state index is 0.810. The number of aryl methyl sites for hydroxylation is 2. The lowest BCUT2D eigenvalue weighted by Gasteiger charge is -2.30. The quantitative estimate of drug-likeness (QED) is 0.155. The summed E-state index contributed by atoms with van der Waals surface area (Å²) < 4.78 is 27.6. The fourth-order valence-corrected chi connectivity index (χ4v) is 12.0. The SMILES string of the molecule is Cc1ccc2c(oc3ccccc32)c1N(c1ccc2ccc3c(N(c4cccc5c4oc4ccccc45)c4c(C)ccc5c4oc4ccccc45)ccc4ccc1c2c43)c1cccc2c1oc1ccccc12. The predicted octanol–water partition coefficient (Wildman–Crippen LogP) is 19.7. The molecule has 0 aliphatic carbocycles. The lowest BCUT2D eigenvalue weighted by molar-refractivity contribution is 0.665. The van der Waals surface area contributed by atoms with Gasteiger partial charge in [-0.25, -0.2) is 0 Å². The molecule has 0 unspecified atom stereocenters. The first-order valence-electron chi connectivity index (χ1n) is 24.5. The maximum Gasteiger partial charge on any atom is 0.159 e. The van der Waals surface area contributed by atoms with E-state index in [1.165, 1.54) is 10.8 Å². The van der Waals surface area contributed by atoms with E-state index in [1.54, 1.807) is 0 Å². The molecule has 0 radical (unpaired) electrons. The van der Waals surface area contributed by atoms with Crippen molar-refractivity contribution in [3.8, 4) is 0 Å². The maximum atomic E-state index is 6.93. The minimum Gasteiger partial charge on any atom is -0.454 e. The molecular weight excluding hydrogens is 885 g/mol. The van der Waals surface area contributed by atoms with Gasteiger partial charge in [0.1, 0.15) is 22.3 Å². The fourth-order valence-electron chi connectivity index (χ4n) is 12.0. The third kappa shape index (κ3) is 5.32. The lowest BCUT2D eigenvalue weighted by Crippen LogP contribution is -2.13. The Kier molecular flexibility index (Phi) is 7.93. The molecule has 12 aromatic carbocycles. The van der Waals surface area contributed by atoms with Gasteiger partial charge >= 0.3 is 0 Å². The zero-order valence-corrected chi connectivity index (χ0v) is 39.2. The number of hydrogen-bond donors (Lipinski definition) is 0. The van der Waals surface area contributed by atoms with Crippen LogP contribution >= 0.6 is 0 Å². The highest BCUT2D eigenvalue weighted by Gasteiger charge is 2.30. The summed E-state index contributed by atoms with van der Waals surface area (Å²) in [7, 11) is 0. The number of benzene rings is 12. The molecule has 0 N–H and O–H groups in total. The van der Waals surface area contributed by atoms with Crippen LogP contribution in [-0.2, 0) is 0 Å². The number of fused-ring (bicyclic) bond motifs is 12. The molecule has 16 rings (SSSR count).